The second-order valence-electron chi connectivity index (χ2n) is 5.75. The molecule has 0 amide bonds. The average molecular weight is 367 g/mol. The van der Waals surface area contributed by atoms with Crippen LogP contribution in [0.2, 0.25) is 0 Å². The van der Waals surface area contributed by atoms with E-state index in [1.165, 1.54) is 10.9 Å². The average Bonchev–Trinajstić information content (AvgIpc) is 2.99. The Kier molecular flexibility index (Phi) is 6.73. The highest BCUT2D eigenvalue weighted by atomic mass is 35.5. The first-order chi connectivity index (χ1) is 11.7. The summed E-state index contributed by atoms with van der Waals surface area (Å²) in [7, 11) is 0. The lowest BCUT2D eigenvalue weighted by atomic mass is 10.00. The molecule has 0 spiro atoms. The minimum absolute atomic E-state index is 0. The SMILES string of the molecule is CCOC(=O)OC1=C(O)CCNC1CCc1c[nH]c2ccccc12.Cl. The lowest BCUT2D eigenvalue weighted by molar-refractivity contribution is 0.0689. The molecule has 1 unspecified atom stereocenters. The van der Waals surface area contributed by atoms with E-state index in [0.717, 1.165) is 11.9 Å². The van der Waals surface area contributed by atoms with Crippen molar-refractivity contribution in [1.82, 2.24) is 10.3 Å². The van der Waals surface area contributed by atoms with Crippen LogP contribution in [-0.4, -0.2) is 35.4 Å². The molecule has 2 aromatic rings. The van der Waals surface area contributed by atoms with Gasteiger partial charge in [-0.2, -0.15) is 0 Å². The molecule has 7 heteroatoms. The summed E-state index contributed by atoms with van der Waals surface area (Å²) in [4.78, 5) is 14.8. The molecule has 1 aromatic heterocycles. The maximum absolute atomic E-state index is 11.6. The van der Waals surface area contributed by atoms with Crippen molar-refractivity contribution in [3.63, 3.8) is 0 Å². The lowest BCUT2D eigenvalue weighted by Gasteiger charge is -2.26. The number of fused-ring (bicyclic) bond motifs is 1. The number of H-pyrrole nitrogens is 1. The predicted molar refractivity (Wildman–Crippen MR) is 98.0 cm³/mol. The maximum Gasteiger partial charge on any atom is 0.513 e. The normalized spacial score (nSPS) is 17.2. The van der Waals surface area contributed by atoms with E-state index in [-0.39, 0.29) is 36.6 Å². The van der Waals surface area contributed by atoms with Gasteiger partial charge in [-0.25, -0.2) is 4.79 Å². The van der Waals surface area contributed by atoms with Gasteiger partial charge in [-0.3, -0.25) is 0 Å². The van der Waals surface area contributed by atoms with Gasteiger partial charge in [-0.05, 0) is 31.4 Å². The number of carbonyl (C=O) groups is 1. The van der Waals surface area contributed by atoms with Crippen LogP contribution in [0.1, 0.15) is 25.3 Å². The summed E-state index contributed by atoms with van der Waals surface area (Å²) < 4.78 is 10.0. The Morgan fingerprint density at radius 3 is 2.96 bits per heavy atom. The molecule has 0 aliphatic carbocycles. The van der Waals surface area contributed by atoms with Crippen LogP contribution in [0.3, 0.4) is 0 Å². The summed E-state index contributed by atoms with van der Waals surface area (Å²) >= 11 is 0. The summed E-state index contributed by atoms with van der Waals surface area (Å²) in [5, 5.41) is 14.6. The summed E-state index contributed by atoms with van der Waals surface area (Å²) in [5.41, 5.74) is 2.30. The third kappa shape index (κ3) is 4.46. The number of halogens is 1. The number of nitrogens with one attached hydrogen (secondary N) is 2. The van der Waals surface area contributed by atoms with Crippen molar-refractivity contribution in [3.05, 3.63) is 47.5 Å². The van der Waals surface area contributed by atoms with Crippen LogP contribution in [0.25, 0.3) is 10.9 Å². The number of ether oxygens (including phenoxy) is 2. The van der Waals surface area contributed by atoms with Gasteiger partial charge in [0, 0.05) is 30.1 Å². The van der Waals surface area contributed by atoms with E-state index in [4.69, 9.17) is 9.47 Å². The first-order valence-electron chi connectivity index (χ1n) is 8.24. The number of benzene rings is 1. The van der Waals surface area contributed by atoms with Crippen LogP contribution in [0.4, 0.5) is 4.79 Å². The number of hydrogen-bond acceptors (Lipinski definition) is 5. The number of hydrogen-bond donors (Lipinski definition) is 3. The van der Waals surface area contributed by atoms with Crippen molar-refractivity contribution in [1.29, 1.82) is 0 Å². The van der Waals surface area contributed by atoms with E-state index in [0.29, 0.717) is 19.4 Å². The first kappa shape index (κ1) is 19.1. The van der Waals surface area contributed by atoms with Gasteiger partial charge in [0.05, 0.1) is 12.6 Å². The smallest absolute Gasteiger partial charge is 0.509 e. The largest absolute Gasteiger partial charge is 0.513 e. The van der Waals surface area contributed by atoms with E-state index in [1.807, 2.05) is 24.4 Å². The highest BCUT2D eigenvalue weighted by Crippen LogP contribution is 2.24. The third-order valence-corrected chi connectivity index (χ3v) is 4.19. The Balaban J connectivity index is 0.00000225. The summed E-state index contributed by atoms with van der Waals surface area (Å²) in [6.45, 7) is 2.60. The molecule has 0 saturated carbocycles. The summed E-state index contributed by atoms with van der Waals surface area (Å²) in [6.07, 6.45) is 3.17. The van der Waals surface area contributed by atoms with Crippen molar-refractivity contribution in [3.8, 4) is 0 Å². The fraction of sp³-hybridized carbons (Fsp3) is 0.389. The van der Waals surface area contributed by atoms with Gasteiger partial charge >= 0.3 is 6.16 Å². The van der Waals surface area contributed by atoms with Crippen LogP contribution < -0.4 is 5.32 Å². The number of aromatic amines is 1. The quantitative estimate of drug-likeness (QED) is 0.700. The number of aliphatic hydroxyl groups is 1. The van der Waals surface area contributed by atoms with Crippen LogP contribution in [0, 0.1) is 0 Å². The highest BCUT2D eigenvalue weighted by molar-refractivity contribution is 5.85. The molecule has 0 saturated heterocycles. The Labute approximate surface area is 152 Å². The van der Waals surface area contributed by atoms with E-state index < -0.39 is 6.16 Å². The Hall–Kier alpha value is -2.18. The standard InChI is InChI=1S/C18H22N2O4.ClH/c1-2-23-18(22)24-17-15(19-10-9-16(17)21)8-7-12-11-20-14-6-4-3-5-13(12)14;/h3-6,11,15,19-21H,2,7-10H2,1H3;1H. The molecule has 136 valence electrons. The fourth-order valence-electron chi connectivity index (χ4n) is 3.02. The number of carbonyl (C=O) groups excluding carboxylic acids is 1. The Bertz CT molecular complexity index is 756. The molecule has 1 aromatic carbocycles. The number of rotatable bonds is 5. The van der Waals surface area contributed by atoms with E-state index in [2.05, 4.69) is 16.4 Å². The summed E-state index contributed by atoms with van der Waals surface area (Å²) in [5.74, 6) is 0.394. The molecular weight excluding hydrogens is 344 g/mol. The van der Waals surface area contributed by atoms with Crippen LogP contribution in [0.15, 0.2) is 42.0 Å². The van der Waals surface area contributed by atoms with Gasteiger partial charge < -0.3 is 24.9 Å². The van der Waals surface area contributed by atoms with Crippen LogP contribution in [-0.2, 0) is 15.9 Å². The minimum atomic E-state index is -0.778. The molecule has 25 heavy (non-hydrogen) atoms. The van der Waals surface area contributed by atoms with Crippen LogP contribution in [0.5, 0.6) is 0 Å². The number of aryl methyl sites for hydroxylation is 1. The zero-order chi connectivity index (χ0) is 16.9. The van der Waals surface area contributed by atoms with E-state index in [1.54, 1.807) is 6.92 Å². The molecule has 1 aliphatic heterocycles. The first-order valence-corrected chi connectivity index (χ1v) is 8.24. The van der Waals surface area contributed by atoms with Gasteiger partial charge in [0.1, 0.15) is 5.76 Å². The van der Waals surface area contributed by atoms with Gasteiger partial charge in [0.25, 0.3) is 0 Å². The van der Waals surface area contributed by atoms with Crippen molar-refractivity contribution in [2.24, 2.45) is 0 Å². The molecule has 0 bridgehead atoms. The third-order valence-electron chi connectivity index (χ3n) is 4.19. The molecule has 3 rings (SSSR count). The van der Waals surface area contributed by atoms with E-state index in [9.17, 15) is 9.90 Å². The second kappa shape index (κ2) is 8.78. The predicted octanol–water partition coefficient (Wildman–Crippen LogP) is 3.83. The fourth-order valence-corrected chi connectivity index (χ4v) is 3.02. The van der Waals surface area contributed by atoms with Gasteiger partial charge in [0.15, 0.2) is 5.76 Å². The van der Waals surface area contributed by atoms with Crippen molar-refractivity contribution < 1.29 is 19.4 Å². The zero-order valence-corrected chi connectivity index (χ0v) is 14.9. The topological polar surface area (TPSA) is 83.6 Å². The maximum atomic E-state index is 11.6. The number of para-hydroxylation sites is 1. The van der Waals surface area contributed by atoms with Crippen molar-refractivity contribution >= 4 is 29.5 Å². The molecule has 0 radical (unpaired) electrons. The molecule has 0 fully saturated rings. The lowest BCUT2D eigenvalue weighted by Crippen LogP contribution is -2.38. The van der Waals surface area contributed by atoms with Crippen molar-refractivity contribution in [2.75, 3.05) is 13.2 Å². The van der Waals surface area contributed by atoms with Gasteiger partial charge in [0.2, 0.25) is 0 Å². The molecule has 3 N–H and O–H groups in total. The minimum Gasteiger partial charge on any atom is -0.509 e. The Morgan fingerprint density at radius 2 is 2.16 bits per heavy atom. The molecule has 6 nitrogen and oxygen atoms in total. The monoisotopic (exact) mass is 366 g/mol. The zero-order valence-electron chi connectivity index (χ0n) is 14.1. The Morgan fingerprint density at radius 1 is 1.36 bits per heavy atom. The second-order valence-corrected chi connectivity index (χ2v) is 5.75. The highest BCUT2D eigenvalue weighted by Gasteiger charge is 2.27. The molecule has 1 aliphatic rings. The van der Waals surface area contributed by atoms with Crippen LogP contribution >= 0.6 is 12.4 Å². The van der Waals surface area contributed by atoms with E-state index >= 15 is 0 Å². The molecule has 2 heterocycles. The molecule has 1 atom stereocenters. The van der Waals surface area contributed by atoms with Gasteiger partial charge in [-0.1, -0.05) is 18.2 Å². The number of aromatic nitrogens is 1. The number of aliphatic hydroxyl groups excluding tert-OH is 1. The molecular formula is C18H23ClN2O4. The summed E-state index contributed by atoms with van der Waals surface area (Å²) in [6, 6.07) is 7.92. The van der Waals surface area contributed by atoms with Crippen molar-refractivity contribution in [2.45, 2.75) is 32.2 Å². The van der Waals surface area contributed by atoms with Gasteiger partial charge in [-0.15, -0.1) is 12.4 Å².